The average molecular weight is 419 g/mol. The van der Waals surface area contributed by atoms with Crippen LogP contribution in [0.15, 0.2) is 18.5 Å². The van der Waals surface area contributed by atoms with Gasteiger partial charge < -0.3 is 24.3 Å². The number of hydrogen-bond donors (Lipinski definition) is 1. The molecule has 2 aromatic heterocycles. The van der Waals surface area contributed by atoms with Gasteiger partial charge in [-0.05, 0) is 38.7 Å². The number of carbonyl (C=O) groups excluding carboxylic acids is 1. The minimum atomic E-state index is -0.479. The first-order valence-electron chi connectivity index (χ1n) is 10.9. The Bertz CT molecular complexity index is 877. The molecule has 1 amide bonds. The van der Waals surface area contributed by atoms with Gasteiger partial charge in [0.15, 0.2) is 0 Å². The molecule has 8 heteroatoms. The summed E-state index contributed by atoms with van der Waals surface area (Å²) in [4.78, 5) is 19.7. The van der Waals surface area contributed by atoms with Crippen molar-refractivity contribution in [3.05, 3.63) is 29.8 Å². The fourth-order valence-corrected chi connectivity index (χ4v) is 4.30. The number of carbonyl (C=O) groups is 1. The van der Waals surface area contributed by atoms with Gasteiger partial charge >= 0.3 is 0 Å². The van der Waals surface area contributed by atoms with E-state index in [0.717, 1.165) is 44.3 Å². The molecule has 2 atom stereocenters. The van der Waals surface area contributed by atoms with E-state index in [1.807, 2.05) is 22.6 Å². The molecule has 2 aromatic rings. The predicted octanol–water partition coefficient (Wildman–Crippen LogP) is 2.64. The van der Waals surface area contributed by atoms with Gasteiger partial charge in [0.2, 0.25) is 0 Å². The fraction of sp³-hybridized carbons (Fsp3) is 0.636. The highest BCUT2D eigenvalue weighted by Crippen LogP contribution is 2.38. The molecule has 1 aliphatic carbocycles. The zero-order valence-corrected chi connectivity index (χ0v) is 17.8. The van der Waals surface area contributed by atoms with E-state index in [1.165, 1.54) is 12.3 Å². The molecule has 30 heavy (non-hydrogen) atoms. The highest BCUT2D eigenvalue weighted by molar-refractivity contribution is 5.85. The molecular formula is C22H31FN4O3. The van der Waals surface area contributed by atoms with Crippen molar-refractivity contribution in [2.45, 2.75) is 57.3 Å². The Morgan fingerprint density at radius 2 is 2.30 bits per heavy atom. The van der Waals surface area contributed by atoms with Crippen molar-refractivity contribution in [3.63, 3.8) is 0 Å². The van der Waals surface area contributed by atoms with Gasteiger partial charge in [0, 0.05) is 57.3 Å². The summed E-state index contributed by atoms with van der Waals surface area (Å²) >= 11 is 0. The lowest BCUT2D eigenvalue weighted by atomic mass is 10.1. The van der Waals surface area contributed by atoms with Crippen LogP contribution in [0.3, 0.4) is 0 Å². The number of nitrogens with zero attached hydrogens (tertiary/aromatic N) is 3. The summed E-state index contributed by atoms with van der Waals surface area (Å²) in [5.74, 6) is -0.307. The van der Waals surface area contributed by atoms with E-state index < -0.39 is 6.10 Å². The Hall–Kier alpha value is -2.03. The Balaban J connectivity index is 1.63. The third-order valence-corrected chi connectivity index (χ3v) is 6.00. The Morgan fingerprint density at radius 3 is 3.00 bits per heavy atom. The van der Waals surface area contributed by atoms with Gasteiger partial charge in [-0.25, -0.2) is 9.37 Å². The summed E-state index contributed by atoms with van der Waals surface area (Å²) in [6.45, 7) is 5.23. The average Bonchev–Trinajstić information content (AvgIpc) is 3.52. The van der Waals surface area contributed by atoms with Gasteiger partial charge in [0.1, 0.15) is 17.6 Å². The van der Waals surface area contributed by atoms with Crippen LogP contribution >= 0.6 is 0 Å². The molecule has 0 radical (unpaired) electrons. The molecule has 7 nitrogen and oxygen atoms in total. The monoisotopic (exact) mass is 418 g/mol. The van der Waals surface area contributed by atoms with Crippen LogP contribution in [0, 0.1) is 5.82 Å². The number of fused-ring (bicyclic) bond motifs is 1. The van der Waals surface area contributed by atoms with Crippen molar-refractivity contribution in [3.8, 4) is 0 Å². The number of halogens is 1. The Kier molecular flexibility index (Phi) is 6.65. The number of methoxy groups -OCH3 is 1. The van der Waals surface area contributed by atoms with E-state index in [1.54, 1.807) is 7.11 Å². The molecule has 1 aliphatic heterocycles. The van der Waals surface area contributed by atoms with E-state index in [2.05, 4.69) is 10.3 Å². The third kappa shape index (κ3) is 4.36. The fourth-order valence-electron chi connectivity index (χ4n) is 4.30. The second kappa shape index (κ2) is 9.41. The summed E-state index contributed by atoms with van der Waals surface area (Å²) < 4.78 is 27.7. The maximum absolute atomic E-state index is 14.9. The second-order valence-corrected chi connectivity index (χ2v) is 8.19. The minimum absolute atomic E-state index is 0.0116. The van der Waals surface area contributed by atoms with E-state index in [0.29, 0.717) is 30.8 Å². The highest BCUT2D eigenvalue weighted by Gasteiger charge is 2.40. The van der Waals surface area contributed by atoms with Crippen LogP contribution in [0.25, 0.3) is 11.0 Å². The minimum Gasteiger partial charge on any atom is -0.385 e. The molecule has 164 valence electrons. The summed E-state index contributed by atoms with van der Waals surface area (Å²) in [5.41, 5.74) is 1.44. The van der Waals surface area contributed by atoms with Gasteiger partial charge in [-0.2, -0.15) is 0 Å². The number of amides is 1. The lowest BCUT2D eigenvalue weighted by Gasteiger charge is -2.34. The van der Waals surface area contributed by atoms with Crippen LogP contribution < -0.4 is 5.32 Å². The number of hydrogen-bond acceptors (Lipinski definition) is 5. The SMILES string of the molecule is COCCCCn1cc([C@H](C)N(C(=O)[C@H]2CNCCO2)C2CC2)c2c(F)ccnc21. The maximum Gasteiger partial charge on any atom is 0.253 e. The number of unbranched alkanes of at least 4 members (excludes halogenated alkanes) is 1. The lowest BCUT2D eigenvalue weighted by Crippen LogP contribution is -2.50. The van der Waals surface area contributed by atoms with Gasteiger partial charge in [-0.15, -0.1) is 0 Å². The number of ether oxygens (including phenoxy) is 2. The first-order chi connectivity index (χ1) is 14.6. The Labute approximate surface area is 176 Å². The summed E-state index contributed by atoms with van der Waals surface area (Å²) in [6, 6.07) is 1.33. The number of nitrogens with one attached hydrogen (secondary N) is 1. The molecule has 1 saturated carbocycles. The number of pyridine rings is 1. The molecule has 4 rings (SSSR count). The van der Waals surface area contributed by atoms with Crippen molar-refractivity contribution >= 4 is 16.9 Å². The lowest BCUT2D eigenvalue weighted by molar-refractivity contribution is -0.148. The van der Waals surface area contributed by atoms with Crippen molar-refractivity contribution in [1.82, 2.24) is 19.8 Å². The number of aryl methyl sites for hydroxylation is 1. The standard InChI is InChI=1S/C22H31FN4O3/c1-15(27(16-5-6-16)22(28)19-13-24-9-12-30-19)17-14-26(10-3-4-11-29-2)21-20(17)18(23)7-8-25-21/h7-8,14-16,19,24H,3-6,9-13H2,1-2H3/t15-,19+/m0/s1. The van der Waals surface area contributed by atoms with Crippen LogP contribution in [0.5, 0.6) is 0 Å². The molecule has 2 fully saturated rings. The first kappa shape index (κ1) is 21.2. The molecule has 0 unspecified atom stereocenters. The van der Waals surface area contributed by atoms with Gasteiger partial charge in [0.05, 0.1) is 18.0 Å². The third-order valence-electron chi connectivity index (χ3n) is 6.00. The van der Waals surface area contributed by atoms with Crippen molar-refractivity contribution < 1.29 is 18.7 Å². The van der Waals surface area contributed by atoms with Crippen LogP contribution in [0.2, 0.25) is 0 Å². The highest BCUT2D eigenvalue weighted by atomic mass is 19.1. The van der Waals surface area contributed by atoms with Crippen LogP contribution in [-0.2, 0) is 20.8 Å². The molecule has 0 spiro atoms. The van der Waals surface area contributed by atoms with Gasteiger partial charge in [-0.3, -0.25) is 4.79 Å². The first-order valence-corrected chi connectivity index (χ1v) is 10.9. The number of morpholine rings is 1. The maximum atomic E-state index is 14.9. The summed E-state index contributed by atoms with van der Waals surface area (Å²) in [7, 11) is 1.69. The van der Waals surface area contributed by atoms with Crippen molar-refractivity contribution in [1.29, 1.82) is 0 Å². The normalized spacial score (nSPS) is 20.4. The molecule has 1 N–H and O–H groups in total. The Morgan fingerprint density at radius 1 is 1.47 bits per heavy atom. The van der Waals surface area contributed by atoms with Crippen LogP contribution in [0.1, 0.15) is 44.2 Å². The van der Waals surface area contributed by atoms with E-state index in [4.69, 9.17) is 9.47 Å². The largest absolute Gasteiger partial charge is 0.385 e. The second-order valence-electron chi connectivity index (χ2n) is 8.19. The summed E-state index contributed by atoms with van der Waals surface area (Å²) in [6.07, 6.45) is 6.79. The van der Waals surface area contributed by atoms with E-state index in [-0.39, 0.29) is 23.8 Å². The van der Waals surface area contributed by atoms with E-state index in [9.17, 15) is 9.18 Å². The molecule has 3 heterocycles. The van der Waals surface area contributed by atoms with E-state index >= 15 is 0 Å². The summed E-state index contributed by atoms with van der Waals surface area (Å²) in [5, 5.41) is 3.74. The van der Waals surface area contributed by atoms with Crippen molar-refractivity contribution in [2.75, 3.05) is 33.4 Å². The topological polar surface area (TPSA) is 68.6 Å². The molecule has 1 saturated heterocycles. The predicted molar refractivity (Wildman–Crippen MR) is 112 cm³/mol. The van der Waals surface area contributed by atoms with Gasteiger partial charge in [0.25, 0.3) is 5.91 Å². The van der Waals surface area contributed by atoms with Crippen molar-refractivity contribution in [2.24, 2.45) is 0 Å². The van der Waals surface area contributed by atoms with Crippen LogP contribution in [-0.4, -0.2) is 65.9 Å². The quantitative estimate of drug-likeness (QED) is 0.634. The van der Waals surface area contributed by atoms with Gasteiger partial charge in [-0.1, -0.05) is 0 Å². The smallest absolute Gasteiger partial charge is 0.253 e. The van der Waals surface area contributed by atoms with Crippen LogP contribution in [0.4, 0.5) is 4.39 Å². The number of rotatable bonds is 9. The zero-order valence-electron chi connectivity index (χ0n) is 17.8. The molecule has 0 bridgehead atoms. The zero-order chi connectivity index (χ0) is 21.1. The number of aromatic nitrogens is 2. The molecule has 0 aromatic carbocycles. The molecule has 2 aliphatic rings. The molecular weight excluding hydrogens is 387 g/mol.